The van der Waals surface area contributed by atoms with Gasteiger partial charge in [-0.05, 0) is 19.8 Å². The molecule has 0 aliphatic carbocycles. The summed E-state index contributed by atoms with van der Waals surface area (Å²) in [5.41, 5.74) is 0. The lowest BCUT2D eigenvalue weighted by Gasteiger charge is -1.95. The van der Waals surface area contributed by atoms with Crippen LogP contribution in [-0.2, 0) is 23.9 Å². The van der Waals surface area contributed by atoms with E-state index in [1.807, 2.05) is 6.92 Å². The first-order valence-corrected chi connectivity index (χ1v) is 7.30. The van der Waals surface area contributed by atoms with Crippen LogP contribution in [0.4, 0.5) is 0 Å². The number of carboxylic acids is 3. The number of carbonyl (C=O) groups excluding carboxylic acids is 1. The highest BCUT2D eigenvalue weighted by Gasteiger charge is 2.17. The van der Waals surface area contributed by atoms with Gasteiger partial charge in [0.15, 0.2) is 0 Å². The molecule has 1 saturated heterocycles. The van der Waals surface area contributed by atoms with Crippen LogP contribution in [0.2, 0.25) is 0 Å². The second kappa shape index (κ2) is 19.1. The number of allylic oxidation sites excluding steroid dienone is 1. The van der Waals surface area contributed by atoms with Crippen molar-refractivity contribution in [2.75, 3.05) is 0 Å². The van der Waals surface area contributed by atoms with Gasteiger partial charge in [-0.1, -0.05) is 18.7 Å². The summed E-state index contributed by atoms with van der Waals surface area (Å²) in [7, 11) is 0. The molecule has 1 heterocycles. The SMILES string of the molecule is C=CC(=O)O.C=CCC(=O)O.C=CCCC(=O)O.CC1CCC(=O)O1. The Balaban J connectivity index is -0.000000261. The zero-order valence-corrected chi connectivity index (χ0v) is 14.3. The predicted octanol–water partition coefficient (Wildman–Crippen LogP) is 2.65. The maximum Gasteiger partial charge on any atom is 0.327 e. The molecule has 0 amide bonds. The van der Waals surface area contributed by atoms with E-state index in [4.69, 9.17) is 20.1 Å². The van der Waals surface area contributed by atoms with E-state index in [0.717, 1.165) is 12.5 Å². The summed E-state index contributed by atoms with van der Waals surface area (Å²) < 4.78 is 4.72. The van der Waals surface area contributed by atoms with Crippen molar-refractivity contribution >= 4 is 23.9 Å². The number of cyclic esters (lactones) is 1. The summed E-state index contributed by atoms with van der Waals surface area (Å²) >= 11 is 0. The van der Waals surface area contributed by atoms with Gasteiger partial charge in [0.05, 0.1) is 12.5 Å². The molecule has 1 unspecified atom stereocenters. The van der Waals surface area contributed by atoms with Crippen molar-refractivity contribution in [3.8, 4) is 0 Å². The average molecular weight is 358 g/mol. The maximum absolute atomic E-state index is 10.2. The molecule has 8 nitrogen and oxygen atoms in total. The molecule has 3 N–H and O–H groups in total. The summed E-state index contributed by atoms with van der Waals surface area (Å²) in [5.74, 6) is -2.62. The minimum absolute atomic E-state index is 0.0486. The van der Waals surface area contributed by atoms with Gasteiger partial charge < -0.3 is 20.1 Å². The van der Waals surface area contributed by atoms with Crippen molar-refractivity contribution in [2.45, 2.75) is 45.1 Å². The highest BCUT2D eigenvalue weighted by molar-refractivity contribution is 5.78. The van der Waals surface area contributed by atoms with Crippen LogP contribution in [0.15, 0.2) is 38.0 Å². The van der Waals surface area contributed by atoms with Gasteiger partial charge in [0.2, 0.25) is 0 Å². The Morgan fingerprint density at radius 2 is 1.64 bits per heavy atom. The number of hydrogen-bond donors (Lipinski definition) is 3. The first kappa shape index (κ1) is 27.0. The molecular formula is C17H26O8. The van der Waals surface area contributed by atoms with E-state index in [1.54, 1.807) is 6.08 Å². The largest absolute Gasteiger partial charge is 0.481 e. The van der Waals surface area contributed by atoms with E-state index in [-0.39, 0.29) is 24.9 Å². The third-order valence-corrected chi connectivity index (χ3v) is 2.14. The molecule has 8 heteroatoms. The smallest absolute Gasteiger partial charge is 0.327 e. The quantitative estimate of drug-likeness (QED) is 0.374. The van der Waals surface area contributed by atoms with Crippen LogP contribution in [-0.4, -0.2) is 45.3 Å². The number of esters is 1. The number of hydrogen-bond acceptors (Lipinski definition) is 5. The van der Waals surface area contributed by atoms with Crippen LogP contribution in [0.1, 0.15) is 39.0 Å². The van der Waals surface area contributed by atoms with Crippen LogP contribution in [0.5, 0.6) is 0 Å². The minimum atomic E-state index is -0.981. The minimum Gasteiger partial charge on any atom is -0.481 e. The van der Waals surface area contributed by atoms with Crippen molar-refractivity contribution in [3.63, 3.8) is 0 Å². The van der Waals surface area contributed by atoms with Crippen molar-refractivity contribution in [1.82, 2.24) is 0 Å². The van der Waals surface area contributed by atoms with Crippen LogP contribution < -0.4 is 0 Å². The molecule has 0 aromatic carbocycles. The van der Waals surface area contributed by atoms with Crippen molar-refractivity contribution < 1.29 is 39.2 Å². The third-order valence-electron chi connectivity index (χ3n) is 2.14. The molecule has 142 valence electrons. The molecular weight excluding hydrogens is 332 g/mol. The first-order chi connectivity index (χ1) is 11.6. The predicted molar refractivity (Wildman–Crippen MR) is 92.1 cm³/mol. The Bertz CT molecular complexity index is 454. The van der Waals surface area contributed by atoms with Gasteiger partial charge >= 0.3 is 23.9 Å². The molecule has 25 heavy (non-hydrogen) atoms. The second-order valence-electron chi connectivity index (χ2n) is 4.49. The van der Waals surface area contributed by atoms with Crippen LogP contribution in [0, 0.1) is 0 Å². The fourth-order valence-corrected chi connectivity index (χ4v) is 1.01. The molecule has 1 atom stereocenters. The molecule has 1 aliphatic rings. The molecule has 1 fully saturated rings. The van der Waals surface area contributed by atoms with Crippen LogP contribution in [0.3, 0.4) is 0 Å². The Morgan fingerprint density at radius 3 is 1.72 bits per heavy atom. The standard InChI is InChI=1S/2C5H8O2.C4H6O2.C3H4O2/c1-4-2-3-5(6)7-4;1-2-3-4-5(6)7;1-2-3-4(5)6;1-2-3(4)5/h4H,2-3H2,1H3;2H,1,3-4H2,(H,6,7);2H,1,3H2,(H,5,6);2H,1H2,(H,4,5). The Morgan fingerprint density at radius 1 is 1.12 bits per heavy atom. The van der Waals surface area contributed by atoms with Crippen molar-refractivity contribution in [1.29, 1.82) is 0 Å². The topological polar surface area (TPSA) is 138 Å². The monoisotopic (exact) mass is 358 g/mol. The normalized spacial score (nSPS) is 13.8. The second-order valence-corrected chi connectivity index (χ2v) is 4.49. The maximum atomic E-state index is 10.2. The molecule has 0 saturated carbocycles. The van der Waals surface area contributed by atoms with Gasteiger partial charge in [0, 0.05) is 18.9 Å². The Kier molecular flexibility index (Phi) is 20.7. The molecule has 0 radical (unpaired) electrons. The van der Waals surface area contributed by atoms with Gasteiger partial charge in [-0.2, -0.15) is 0 Å². The van der Waals surface area contributed by atoms with E-state index in [1.165, 1.54) is 6.08 Å². The van der Waals surface area contributed by atoms with Crippen molar-refractivity contribution in [3.05, 3.63) is 38.0 Å². The fourth-order valence-electron chi connectivity index (χ4n) is 1.01. The van der Waals surface area contributed by atoms with E-state index >= 15 is 0 Å². The lowest BCUT2D eigenvalue weighted by molar-refractivity contribution is -0.141. The number of rotatable bonds is 6. The lowest BCUT2D eigenvalue weighted by atomic mass is 10.3. The van der Waals surface area contributed by atoms with Crippen LogP contribution >= 0.6 is 0 Å². The van der Waals surface area contributed by atoms with Crippen LogP contribution in [0.25, 0.3) is 0 Å². The molecule has 0 bridgehead atoms. The van der Waals surface area contributed by atoms with Gasteiger partial charge in [-0.15, -0.1) is 13.2 Å². The highest BCUT2D eigenvalue weighted by Crippen LogP contribution is 2.11. The average Bonchev–Trinajstić information content (AvgIpc) is 2.90. The summed E-state index contributed by atoms with van der Waals surface area (Å²) in [6.07, 6.45) is 6.28. The Labute approximate surface area is 147 Å². The zero-order chi connectivity index (χ0) is 20.3. The fraction of sp³-hybridized carbons (Fsp3) is 0.412. The molecule has 1 aliphatic heterocycles. The van der Waals surface area contributed by atoms with Gasteiger partial charge in [0.1, 0.15) is 0 Å². The summed E-state index contributed by atoms with van der Waals surface area (Å²) in [6, 6.07) is 0. The molecule has 0 spiro atoms. The number of ether oxygens (including phenoxy) is 1. The van der Waals surface area contributed by atoms with Crippen molar-refractivity contribution in [2.24, 2.45) is 0 Å². The molecule has 0 aromatic heterocycles. The lowest BCUT2D eigenvalue weighted by Crippen LogP contribution is -1.98. The van der Waals surface area contributed by atoms with E-state index in [2.05, 4.69) is 19.7 Å². The third kappa shape index (κ3) is 33.8. The van der Waals surface area contributed by atoms with Gasteiger partial charge in [0.25, 0.3) is 0 Å². The van der Waals surface area contributed by atoms with E-state index < -0.39 is 17.9 Å². The number of carboxylic acid groups (broad SMARTS) is 3. The number of carbonyl (C=O) groups is 4. The van der Waals surface area contributed by atoms with Gasteiger partial charge in [-0.3, -0.25) is 14.4 Å². The number of aliphatic carboxylic acids is 3. The summed E-state index contributed by atoms with van der Waals surface area (Å²) in [6.45, 7) is 11.5. The van der Waals surface area contributed by atoms with Gasteiger partial charge in [-0.25, -0.2) is 4.79 Å². The summed E-state index contributed by atoms with van der Waals surface area (Å²) in [4.78, 5) is 38.7. The zero-order valence-electron chi connectivity index (χ0n) is 14.3. The Hall–Kier alpha value is -2.90. The highest BCUT2D eigenvalue weighted by atomic mass is 16.5. The first-order valence-electron chi connectivity index (χ1n) is 7.30. The van der Waals surface area contributed by atoms with E-state index in [9.17, 15) is 19.2 Å². The van der Waals surface area contributed by atoms with E-state index in [0.29, 0.717) is 12.8 Å². The molecule has 0 aromatic rings. The summed E-state index contributed by atoms with van der Waals surface area (Å²) in [5, 5.41) is 23.4. The molecule has 1 rings (SSSR count).